The molecule has 4 rings (SSSR count). The van der Waals surface area contributed by atoms with Gasteiger partial charge in [0.05, 0.1) is 11.1 Å². The van der Waals surface area contributed by atoms with E-state index in [9.17, 15) is 19.2 Å². The third-order valence-electron chi connectivity index (χ3n) is 6.81. The summed E-state index contributed by atoms with van der Waals surface area (Å²) in [5.74, 6) is -0.751. The quantitative estimate of drug-likeness (QED) is 0.219. The second-order valence-electron chi connectivity index (χ2n) is 10.1. The van der Waals surface area contributed by atoms with Crippen LogP contribution in [0.3, 0.4) is 0 Å². The topological polar surface area (TPSA) is 121 Å². The minimum Gasteiger partial charge on any atom is -0.482 e. The summed E-state index contributed by atoms with van der Waals surface area (Å²) in [6, 6.07) is 22.0. The molecule has 0 saturated carbocycles. The minimum absolute atomic E-state index is 0.0110. The van der Waals surface area contributed by atoms with E-state index >= 15 is 0 Å². The highest BCUT2D eigenvalue weighted by Gasteiger charge is 2.18. The van der Waals surface area contributed by atoms with Crippen molar-refractivity contribution in [2.75, 3.05) is 13.1 Å². The fraction of sp³-hybridized carbons (Fsp3) is 0.273. The molecule has 0 radical (unpaired) electrons. The van der Waals surface area contributed by atoms with Crippen LogP contribution in [0.2, 0.25) is 0 Å². The fourth-order valence-electron chi connectivity index (χ4n) is 4.33. The number of benzene rings is 2. The van der Waals surface area contributed by atoms with E-state index in [4.69, 9.17) is 9.47 Å². The zero-order chi connectivity index (χ0) is 30.6. The molecule has 4 aromatic rings. The molecule has 2 amide bonds. The number of aryl methyl sites for hydroxylation is 2. The van der Waals surface area contributed by atoms with Gasteiger partial charge < -0.3 is 29.2 Å². The number of unbranched alkanes of at least 4 members (excludes halogenated alkanes) is 2. The number of pyridine rings is 2. The number of carbonyl (C=O) groups is 2. The Hall–Kier alpha value is -5.12. The Bertz CT molecular complexity index is 1520. The van der Waals surface area contributed by atoms with Crippen LogP contribution in [-0.4, -0.2) is 34.0 Å². The maximum atomic E-state index is 12.9. The highest BCUT2D eigenvalue weighted by atomic mass is 16.5. The van der Waals surface area contributed by atoms with Crippen LogP contribution in [0.25, 0.3) is 0 Å². The first-order chi connectivity index (χ1) is 20.8. The van der Waals surface area contributed by atoms with E-state index in [-0.39, 0.29) is 58.8 Å². The molecule has 10 heteroatoms. The maximum absolute atomic E-state index is 12.9. The molecule has 0 saturated heterocycles. The summed E-state index contributed by atoms with van der Waals surface area (Å²) in [7, 11) is 3.21. The highest BCUT2D eigenvalue weighted by molar-refractivity contribution is 5.97. The smallest absolute Gasteiger partial charge is 0.293 e. The molecule has 0 bridgehead atoms. The third-order valence-corrected chi connectivity index (χ3v) is 6.81. The van der Waals surface area contributed by atoms with Crippen LogP contribution >= 0.6 is 0 Å². The van der Waals surface area contributed by atoms with Gasteiger partial charge in [-0.05, 0) is 42.5 Å². The number of hydrogen-bond donors (Lipinski definition) is 2. The molecule has 0 aliphatic rings. The first-order valence-corrected chi connectivity index (χ1v) is 14.1. The second kappa shape index (κ2) is 15.2. The molecule has 0 atom stereocenters. The van der Waals surface area contributed by atoms with Gasteiger partial charge in [-0.2, -0.15) is 0 Å². The minimum atomic E-state index is -0.386. The van der Waals surface area contributed by atoms with Gasteiger partial charge in [-0.3, -0.25) is 19.2 Å². The van der Waals surface area contributed by atoms with E-state index in [1.165, 1.54) is 21.5 Å². The van der Waals surface area contributed by atoms with Gasteiger partial charge in [-0.15, -0.1) is 0 Å². The van der Waals surface area contributed by atoms with Crippen LogP contribution in [0.15, 0.2) is 94.8 Å². The van der Waals surface area contributed by atoms with Crippen molar-refractivity contribution in [3.05, 3.63) is 128 Å². The zero-order valence-electron chi connectivity index (χ0n) is 24.4. The fourth-order valence-corrected chi connectivity index (χ4v) is 4.33. The van der Waals surface area contributed by atoms with E-state index in [0.717, 1.165) is 17.5 Å². The van der Waals surface area contributed by atoms with Crippen molar-refractivity contribution in [3.8, 4) is 11.5 Å². The van der Waals surface area contributed by atoms with Crippen molar-refractivity contribution in [1.29, 1.82) is 0 Å². The van der Waals surface area contributed by atoms with E-state index < -0.39 is 0 Å². The van der Waals surface area contributed by atoms with E-state index in [0.29, 0.717) is 25.9 Å². The first kappa shape index (κ1) is 30.8. The summed E-state index contributed by atoms with van der Waals surface area (Å²) in [6.07, 6.45) is 5.16. The SMILES string of the molecule is Cn1ccc(C(=O)NCCCCCNC(=O)c2ccn(C)c(=O)c2OCc2ccccc2)c(OCc2ccccc2)c1=O. The number of aromatic nitrogens is 2. The van der Waals surface area contributed by atoms with Crippen LogP contribution in [0.4, 0.5) is 0 Å². The van der Waals surface area contributed by atoms with Crippen LogP contribution in [0.1, 0.15) is 51.1 Å². The number of nitrogens with one attached hydrogen (secondary N) is 2. The van der Waals surface area contributed by atoms with Gasteiger partial charge in [0.25, 0.3) is 22.9 Å². The molecule has 0 aliphatic heterocycles. The summed E-state index contributed by atoms with van der Waals surface area (Å²) >= 11 is 0. The second-order valence-corrected chi connectivity index (χ2v) is 10.1. The average Bonchev–Trinajstić information content (AvgIpc) is 3.02. The molecule has 0 fully saturated rings. The monoisotopic (exact) mass is 584 g/mol. The molecular formula is C33H36N4O6. The number of rotatable bonds is 14. The number of carbonyl (C=O) groups excluding carboxylic acids is 2. The number of amides is 2. The molecule has 2 aromatic heterocycles. The lowest BCUT2D eigenvalue weighted by molar-refractivity contribution is 0.0942. The average molecular weight is 585 g/mol. The Morgan fingerprint density at radius 1 is 0.605 bits per heavy atom. The Morgan fingerprint density at radius 3 is 1.40 bits per heavy atom. The Kier molecular flexibility index (Phi) is 10.9. The van der Waals surface area contributed by atoms with Gasteiger partial charge in [0.1, 0.15) is 13.2 Å². The molecule has 0 spiro atoms. The van der Waals surface area contributed by atoms with Crippen molar-refractivity contribution in [3.63, 3.8) is 0 Å². The van der Waals surface area contributed by atoms with Crippen molar-refractivity contribution >= 4 is 11.8 Å². The van der Waals surface area contributed by atoms with Gasteiger partial charge in [-0.25, -0.2) is 0 Å². The lowest BCUT2D eigenvalue weighted by Gasteiger charge is -2.13. The number of hydrogen-bond acceptors (Lipinski definition) is 6. The summed E-state index contributed by atoms with van der Waals surface area (Å²) in [4.78, 5) is 51.1. The molecular weight excluding hydrogens is 548 g/mol. The Labute approximate surface area is 249 Å². The van der Waals surface area contributed by atoms with Crippen molar-refractivity contribution < 1.29 is 19.1 Å². The number of ether oxygens (including phenoxy) is 2. The Morgan fingerprint density at radius 2 is 1.00 bits per heavy atom. The van der Waals surface area contributed by atoms with Gasteiger partial charge in [-0.1, -0.05) is 60.7 Å². The van der Waals surface area contributed by atoms with Crippen LogP contribution in [0, 0.1) is 0 Å². The van der Waals surface area contributed by atoms with Gasteiger partial charge >= 0.3 is 0 Å². The zero-order valence-corrected chi connectivity index (χ0v) is 24.4. The first-order valence-electron chi connectivity index (χ1n) is 14.1. The predicted molar refractivity (Wildman–Crippen MR) is 163 cm³/mol. The van der Waals surface area contributed by atoms with E-state index in [1.54, 1.807) is 26.2 Å². The lowest BCUT2D eigenvalue weighted by Crippen LogP contribution is -2.29. The molecule has 224 valence electrons. The predicted octanol–water partition coefficient (Wildman–Crippen LogP) is 3.57. The molecule has 10 nitrogen and oxygen atoms in total. The maximum Gasteiger partial charge on any atom is 0.293 e. The summed E-state index contributed by atoms with van der Waals surface area (Å²) in [5, 5.41) is 5.70. The molecule has 2 aromatic carbocycles. The molecule has 2 heterocycles. The lowest BCUT2D eigenvalue weighted by atomic mass is 10.2. The third kappa shape index (κ3) is 8.45. The van der Waals surface area contributed by atoms with Gasteiger partial charge in [0.2, 0.25) is 0 Å². The van der Waals surface area contributed by atoms with Crippen molar-refractivity contribution in [1.82, 2.24) is 19.8 Å². The number of nitrogens with zero attached hydrogens (tertiary/aromatic N) is 2. The van der Waals surface area contributed by atoms with E-state index in [2.05, 4.69) is 10.6 Å². The summed E-state index contributed by atoms with van der Waals surface area (Å²) < 4.78 is 14.3. The standard InChI is InChI=1S/C33H36N4O6/c1-36-20-16-26(28(32(36)40)42-22-24-12-6-3-7-13-24)30(38)34-18-10-5-11-19-35-31(39)27-17-21-37(2)33(41)29(27)43-23-25-14-8-4-9-15-25/h3-4,6-9,12-17,20-21H,5,10-11,18-19,22-23H2,1-2H3,(H,34,38)(H,35,39). The van der Waals surface area contributed by atoms with Crippen LogP contribution in [0.5, 0.6) is 11.5 Å². The molecule has 43 heavy (non-hydrogen) atoms. The van der Waals surface area contributed by atoms with Gasteiger partial charge in [0.15, 0.2) is 11.5 Å². The van der Waals surface area contributed by atoms with Crippen LogP contribution < -0.4 is 31.2 Å². The van der Waals surface area contributed by atoms with Crippen molar-refractivity contribution in [2.24, 2.45) is 14.1 Å². The van der Waals surface area contributed by atoms with Crippen LogP contribution in [-0.2, 0) is 27.3 Å². The summed E-state index contributed by atoms with van der Waals surface area (Å²) in [6.45, 7) is 1.13. The highest BCUT2D eigenvalue weighted by Crippen LogP contribution is 2.16. The van der Waals surface area contributed by atoms with Crippen molar-refractivity contribution in [2.45, 2.75) is 32.5 Å². The normalized spacial score (nSPS) is 10.7. The largest absolute Gasteiger partial charge is 0.482 e. The Balaban J connectivity index is 1.23. The van der Waals surface area contributed by atoms with E-state index in [1.807, 2.05) is 60.7 Å². The molecule has 2 N–H and O–H groups in total. The van der Waals surface area contributed by atoms with Gasteiger partial charge in [0, 0.05) is 39.6 Å². The molecule has 0 aliphatic carbocycles. The summed E-state index contributed by atoms with van der Waals surface area (Å²) in [5.41, 5.74) is 1.37. The molecule has 0 unspecified atom stereocenters.